The number of nitrogens with zero attached hydrogens (tertiary/aromatic N) is 2. The molecule has 0 saturated carbocycles. The second-order valence-corrected chi connectivity index (χ2v) is 6.54. The Balaban J connectivity index is 1.97. The van der Waals surface area contributed by atoms with E-state index >= 15 is 0 Å². The molecule has 0 aliphatic heterocycles. The number of hydrogen-bond donors (Lipinski definition) is 1. The van der Waals surface area contributed by atoms with Crippen LogP contribution >= 0.6 is 11.3 Å². The third kappa shape index (κ3) is 5.98. The molecule has 0 aliphatic carbocycles. The summed E-state index contributed by atoms with van der Waals surface area (Å²) in [7, 11) is 3.69. The van der Waals surface area contributed by atoms with E-state index in [0.717, 1.165) is 30.5 Å². The van der Waals surface area contributed by atoms with Crippen molar-refractivity contribution in [3.63, 3.8) is 0 Å². The fourth-order valence-corrected chi connectivity index (χ4v) is 3.05. The number of para-hydroxylation sites is 2. The van der Waals surface area contributed by atoms with Crippen LogP contribution in [0, 0.1) is 0 Å². The van der Waals surface area contributed by atoms with Crippen molar-refractivity contribution < 1.29 is 9.47 Å². The Morgan fingerprint density at radius 3 is 2.68 bits per heavy atom. The van der Waals surface area contributed by atoms with Gasteiger partial charge in [-0.2, -0.15) is 11.3 Å². The number of nitrogens with one attached hydrogen (secondary N) is 1. The van der Waals surface area contributed by atoms with Crippen LogP contribution in [0.2, 0.25) is 0 Å². The molecule has 5 nitrogen and oxygen atoms in total. The minimum absolute atomic E-state index is 0.0560. The third-order valence-corrected chi connectivity index (χ3v) is 4.32. The number of ether oxygens (including phenoxy) is 2. The van der Waals surface area contributed by atoms with Gasteiger partial charge in [-0.25, -0.2) is 4.99 Å². The molecule has 25 heavy (non-hydrogen) atoms. The average Bonchev–Trinajstić information content (AvgIpc) is 3.12. The Labute approximate surface area is 154 Å². The van der Waals surface area contributed by atoms with Crippen molar-refractivity contribution in [1.29, 1.82) is 0 Å². The molecule has 0 aliphatic rings. The molecule has 0 radical (unpaired) electrons. The molecular weight excluding hydrogens is 334 g/mol. The molecule has 1 aromatic heterocycles. The van der Waals surface area contributed by atoms with E-state index < -0.39 is 0 Å². The maximum Gasteiger partial charge on any atom is 0.194 e. The molecule has 0 fully saturated rings. The van der Waals surface area contributed by atoms with E-state index in [9.17, 15) is 0 Å². The number of thiophene rings is 1. The van der Waals surface area contributed by atoms with Gasteiger partial charge in [0.1, 0.15) is 6.10 Å². The molecule has 0 amide bonds. The van der Waals surface area contributed by atoms with Gasteiger partial charge in [-0.3, -0.25) is 0 Å². The maximum absolute atomic E-state index is 5.97. The van der Waals surface area contributed by atoms with Gasteiger partial charge < -0.3 is 19.7 Å². The number of aliphatic imine (C=N–C) groups is 1. The van der Waals surface area contributed by atoms with Crippen molar-refractivity contribution in [2.24, 2.45) is 4.99 Å². The lowest BCUT2D eigenvalue weighted by Gasteiger charge is -2.22. The van der Waals surface area contributed by atoms with Gasteiger partial charge in [0.05, 0.1) is 13.7 Å². The normalized spacial score (nSPS) is 12.6. The van der Waals surface area contributed by atoms with Crippen molar-refractivity contribution in [2.75, 3.05) is 27.2 Å². The number of rotatable bonds is 8. The lowest BCUT2D eigenvalue weighted by molar-refractivity contribution is 0.219. The highest BCUT2D eigenvalue weighted by atomic mass is 32.1. The first-order valence-electron chi connectivity index (χ1n) is 8.44. The molecule has 1 unspecified atom stereocenters. The summed E-state index contributed by atoms with van der Waals surface area (Å²) in [5, 5.41) is 7.59. The van der Waals surface area contributed by atoms with Crippen LogP contribution in [0.5, 0.6) is 11.5 Å². The Morgan fingerprint density at radius 2 is 2.04 bits per heavy atom. The predicted molar refractivity (Wildman–Crippen MR) is 105 cm³/mol. The quantitative estimate of drug-likeness (QED) is 0.576. The van der Waals surface area contributed by atoms with Gasteiger partial charge in [-0.05, 0) is 48.4 Å². The van der Waals surface area contributed by atoms with Crippen LogP contribution in [0.15, 0.2) is 46.1 Å². The van der Waals surface area contributed by atoms with Gasteiger partial charge >= 0.3 is 0 Å². The zero-order valence-electron chi connectivity index (χ0n) is 15.4. The van der Waals surface area contributed by atoms with Gasteiger partial charge in [0.2, 0.25) is 0 Å². The summed E-state index contributed by atoms with van der Waals surface area (Å²) < 4.78 is 11.3. The fraction of sp³-hybridized carbons (Fsp3) is 0.421. The smallest absolute Gasteiger partial charge is 0.194 e. The minimum atomic E-state index is -0.0560. The molecular formula is C19H27N3O2S. The summed E-state index contributed by atoms with van der Waals surface area (Å²) in [5.41, 5.74) is 1.29. The lowest BCUT2D eigenvalue weighted by atomic mass is 10.3. The van der Waals surface area contributed by atoms with Crippen LogP contribution in [-0.4, -0.2) is 44.2 Å². The van der Waals surface area contributed by atoms with E-state index in [1.54, 1.807) is 18.4 Å². The first-order chi connectivity index (χ1) is 12.1. The van der Waals surface area contributed by atoms with E-state index in [1.807, 2.05) is 38.2 Å². The standard InChI is InChI=1S/C19H27N3O2S/c1-5-20-19(22(3)13-16-10-11-25-14-16)21-12-15(2)24-18-9-7-6-8-17(18)23-4/h6-11,14-15H,5,12-13H2,1-4H3,(H,20,21). The van der Waals surface area contributed by atoms with Crippen molar-refractivity contribution in [3.8, 4) is 11.5 Å². The summed E-state index contributed by atoms with van der Waals surface area (Å²) in [6.07, 6.45) is -0.0560. The molecule has 6 heteroatoms. The second kappa shape index (κ2) is 9.93. The molecule has 1 N–H and O–H groups in total. The van der Waals surface area contributed by atoms with Crippen LogP contribution in [0.4, 0.5) is 0 Å². The van der Waals surface area contributed by atoms with Crippen LogP contribution < -0.4 is 14.8 Å². The van der Waals surface area contributed by atoms with E-state index in [2.05, 4.69) is 34.0 Å². The summed E-state index contributed by atoms with van der Waals surface area (Å²) in [5.74, 6) is 2.35. The first-order valence-corrected chi connectivity index (χ1v) is 9.38. The Bertz CT molecular complexity index is 658. The van der Waals surface area contributed by atoms with Gasteiger partial charge in [-0.15, -0.1) is 0 Å². The highest BCUT2D eigenvalue weighted by Crippen LogP contribution is 2.26. The number of hydrogen-bond acceptors (Lipinski definition) is 4. The van der Waals surface area contributed by atoms with E-state index in [-0.39, 0.29) is 6.10 Å². The van der Waals surface area contributed by atoms with Crippen molar-refractivity contribution >= 4 is 17.3 Å². The van der Waals surface area contributed by atoms with Crippen molar-refractivity contribution in [1.82, 2.24) is 10.2 Å². The Morgan fingerprint density at radius 1 is 1.28 bits per heavy atom. The average molecular weight is 362 g/mol. The molecule has 1 atom stereocenters. The minimum Gasteiger partial charge on any atom is -0.493 e. The Hall–Kier alpha value is -2.21. The first kappa shape index (κ1) is 19.1. The zero-order chi connectivity index (χ0) is 18.1. The van der Waals surface area contributed by atoms with Crippen LogP contribution in [0.3, 0.4) is 0 Å². The van der Waals surface area contributed by atoms with E-state index in [1.165, 1.54) is 5.56 Å². The molecule has 0 spiro atoms. The lowest BCUT2D eigenvalue weighted by Crippen LogP contribution is -2.39. The predicted octanol–water partition coefficient (Wildman–Crippen LogP) is 3.62. The highest BCUT2D eigenvalue weighted by molar-refractivity contribution is 7.07. The molecule has 2 rings (SSSR count). The SMILES string of the molecule is CCNC(=NCC(C)Oc1ccccc1OC)N(C)Cc1ccsc1. The second-order valence-electron chi connectivity index (χ2n) is 5.76. The topological polar surface area (TPSA) is 46.1 Å². The summed E-state index contributed by atoms with van der Waals surface area (Å²) in [4.78, 5) is 6.84. The summed E-state index contributed by atoms with van der Waals surface area (Å²) in [6, 6.07) is 9.80. The van der Waals surface area contributed by atoms with Crippen LogP contribution in [0.25, 0.3) is 0 Å². The summed E-state index contributed by atoms with van der Waals surface area (Å²) >= 11 is 1.71. The molecule has 1 aromatic carbocycles. The van der Waals surface area contributed by atoms with Crippen LogP contribution in [0.1, 0.15) is 19.4 Å². The molecule has 2 aromatic rings. The largest absolute Gasteiger partial charge is 0.493 e. The Kier molecular flexibility index (Phi) is 7.60. The van der Waals surface area contributed by atoms with Gasteiger partial charge in [0.25, 0.3) is 0 Å². The zero-order valence-corrected chi connectivity index (χ0v) is 16.2. The van der Waals surface area contributed by atoms with E-state index in [0.29, 0.717) is 6.54 Å². The van der Waals surface area contributed by atoms with Crippen molar-refractivity contribution in [3.05, 3.63) is 46.7 Å². The molecule has 0 bridgehead atoms. The molecule has 0 saturated heterocycles. The van der Waals surface area contributed by atoms with E-state index in [4.69, 9.17) is 14.5 Å². The summed E-state index contributed by atoms with van der Waals surface area (Å²) in [6.45, 7) is 6.31. The van der Waals surface area contributed by atoms with Gasteiger partial charge in [0.15, 0.2) is 17.5 Å². The monoisotopic (exact) mass is 361 g/mol. The molecule has 1 heterocycles. The fourth-order valence-electron chi connectivity index (χ4n) is 2.39. The van der Waals surface area contributed by atoms with Crippen LogP contribution in [-0.2, 0) is 6.54 Å². The molecule has 136 valence electrons. The highest BCUT2D eigenvalue weighted by Gasteiger charge is 2.11. The van der Waals surface area contributed by atoms with Gasteiger partial charge in [0, 0.05) is 20.1 Å². The number of guanidine groups is 1. The maximum atomic E-state index is 5.97. The van der Waals surface area contributed by atoms with Gasteiger partial charge in [-0.1, -0.05) is 12.1 Å². The number of methoxy groups -OCH3 is 1. The van der Waals surface area contributed by atoms with Crippen molar-refractivity contribution in [2.45, 2.75) is 26.5 Å². The third-order valence-electron chi connectivity index (χ3n) is 3.59. The number of benzene rings is 1.